The first-order valence-electron chi connectivity index (χ1n) is 12.8. The number of benzene rings is 1. The summed E-state index contributed by atoms with van der Waals surface area (Å²) in [5, 5.41) is 12.7. The third kappa shape index (κ3) is 6.19. The molecule has 3 aliphatic rings. The molecule has 1 aromatic rings. The van der Waals surface area contributed by atoms with E-state index >= 15 is 0 Å². The smallest absolute Gasteiger partial charge is 0.317 e. The number of urea groups is 1. The Hall–Kier alpha value is -2.53. The van der Waals surface area contributed by atoms with Gasteiger partial charge in [-0.1, -0.05) is 30.3 Å². The largest absolute Gasteiger partial charge is 0.328 e. The Labute approximate surface area is 206 Å². The van der Waals surface area contributed by atoms with E-state index in [1.807, 2.05) is 7.05 Å². The van der Waals surface area contributed by atoms with E-state index in [4.69, 9.17) is 0 Å². The zero-order valence-corrected chi connectivity index (χ0v) is 20.6. The first-order valence-corrected chi connectivity index (χ1v) is 12.8. The predicted octanol–water partition coefficient (Wildman–Crippen LogP) is 4.71. The van der Waals surface area contributed by atoms with Crippen molar-refractivity contribution in [2.45, 2.75) is 69.8 Å². The summed E-state index contributed by atoms with van der Waals surface area (Å²) in [6.07, 6.45) is 4.69. The molecule has 1 N–H and O–H groups in total. The highest BCUT2D eigenvalue weighted by Gasteiger charge is 2.45. The van der Waals surface area contributed by atoms with Crippen molar-refractivity contribution < 1.29 is 18.4 Å². The fraction of sp³-hybridized carbons (Fsp3) is 0.667. The van der Waals surface area contributed by atoms with Gasteiger partial charge in [-0.25, -0.2) is 13.6 Å². The molecule has 35 heavy (non-hydrogen) atoms. The van der Waals surface area contributed by atoms with Crippen molar-refractivity contribution in [2.24, 2.45) is 10.8 Å². The van der Waals surface area contributed by atoms with Crippen molar-refractivity contribution in [1.29, 1.82) is 5.26 Å². The van der Waals surface area contributed by atoms with Crippen LogP contribution in [0.1, 0.15) is 63.4 Å². The van der Waals surface area contributed by atoms with Crippen LogP contribution in [0.5, 0.6) is 0 Å². The summed E-state index contributed by atoms with van der Waals surface area (Å²) < 4.78 is 29.8. The topological polar surface area (TPSA) is 76.4 Å². The van der Waals surface area contributed by atoms with E-state index in [0.717, 1.165) is 12.8 Å². The van der Waals surface area contributed by atoms with Gasteiger partial charge in [-0.05, 0) is 70.5 Å². The lowest BCUT2D eigenvalue weighted by molar-refractivity contribution is -0.123. The zero-order valence-electron chi connectivity index (χ0n) is 20.6. The summed E-state index contributed by atoms with van der Waals surface area (Å²) in [4.78, 5) is 30.2. The van der Waals surface area contributed by atoms with E-state index in [1.54, 1.807) is 23.1 Å². The SMILES string of the molecule is CN1CCC(C#N)(CC(=O)[C@H](CCC(F)(F)c2ccccc2)NC(=O)N2CCC3(CC2)CC3)CC1. The molecule has 0 aromatic heterocycles. The summed E-state index contributed by atoms with van der Waals surface area (Å²) >= 11 is 0. The normalized spacial score (nSPS) is 22.3. The molecular formula is C27H36F2N4O2. The van der Waals surface area contributed by atoms with Gasteiger partial charge in [0.2, 0.25) is 0 Å². The van der Waals surface area contributed by atoms with Crippen LogP contribution in [0.4, 0.5) is 13.6 Å². The molecule has 1 saturated carbocycles. The lowest BCUT2D eigenvalue weighted by Gasteiger charge is -2.36. The molecule has 190 valence electrons. The van der Waals surface area contributed by atoms with Crippen LogP contribution in [0.25, 0.3) is 0 Å². The molecule has 2 saturated heterocycles. The first-order chi connectivity index (χ1) is 16.7. The van der Waals surface area contributed by atoms with Crippen molar-refractivity contribution in [1.82, 2.24) is 15.1 Å². The van der Waals surface area contributed by atoms with E-state index in [1.165, 1.54) is 25.0 Å². The fourth-order valence-corrected chi connectivity index (χ4v) is 5.40. The van der Waals surface area contributed by atoms with Crippen LogP contribution in [0.3, 0.4) is 0 Å². The van der Waals surface area contributed by atoms with E-state index in [-0.39, 0.29) is 30.2 Å². The number of Topliss-reactive ketones (excluding diaryl/α,β-unsaturated/α-hetero) is 1. The maximum atomic E-state index is 14.9. The number of carbonyl (C=O) groups excluding carboxylic acids is 2. The molecule has 1 atom stereocenters. The van der Waals surface area contributed by atoms with E-state index in [9.17, 15) is 23.6 Å². The number of alkyl halides is 2. The zero-order chi connectivity index (χ0) is 25.1. The van der Waals surface area contributed by atoms with Gasteiger partial charge in [0.15, 0.2) is 5.78 Å². The molecule has 1 aromatic carbocycles. The number of piperidine rings is 2. The average molecular weight is 487 g/mol. The highest BCUT2D eigenvalue weighted by molar-refractivity contribution is 5.89. The minimum absolute atomic E-state index is 0.0255. The molecule has 2 aliphatic heterocycles. The van der Waals surface area contributed by atoms with E-state index in [0.29, 0.717) is 44.4 Å². The van der Waals surface area contributed by atoms with Crippen LogP contribution >= 0.6 is 0 Å². The quantitative estimate of drug-likeness (QED) is 0.578. The first kappa shape index (κ1) is 25.6. The fourth-order valence-electron chi connectivity index (χ4n) is 5.40. The third-order valence-corrected chi connectivity index (χ3v) is 8.39. The molecule has 4 rings (SSSR count). The van der Waals surface area contributed by atoms with Gasteiger partial charge in [0, 0.05) is 31.5 Å². The van der Waals surface area contributed by atoms with Crippen molar-refractivity contribution in [3.8, 4) is 6.07 Å². The Morgan fingerprint density at radius 2 is 1.69 bits per heavy atom. The van der Waals surface area contributed by atoms with E-state index in [2.05, 4.69) is 16.3 Å². The van der Waals surface area contributed by atoms with Gasteiger partial charge in [0.05, 0.1) is 17.5 Å². The monoisotopic (exact) mass is 486 g/mol. The average Bonchev–Trinajstić information content (AvgIpc) is 3.62. The van der Waals surface area contributed by atoms with Gasteiger partial charge in [-0.2, -0.15) is 5.26 Å². The van der Waals surface area contributed by atoms with Gasteiger partial charge >= 0.3 is 6.03 Å². The number of halogens is 2. The Balaban J connectivity index is 1.44. The molecule has 8 heteroatoms. The van der Waals surface area contributed by atoms with Crippen molar-refractivity contribution >= 4 is 11.8 Å². The molecule has 1 aliphatic carbocycles. The predicted molar refractivity (Wildman–Crippen MR) is 129 cm³/mol. The maximum absolute atomic E-state index is 14.9. The van der Waals surface area contributed by atoms with Crippen LogP contribution in [-0.4, -0.2) is 60.9 Å². The Kier molecular flexibility index (Phi) is 7.46. The second-order valence-electron chi connectivity index (χ2n) is 10.9. The molecule has 6 nitrogen and oxygen atoms in total. The second kappa shape index (κ2) is 10.2. The Morgan fingerprint density at radius 3 is 2.26 bits per heavy atom. The van der Waals surface area contributed by atoms with Crippen molar-refractivity contribution in [3.63, 3.8) is 0 Å². The number of nitriles is 1. The van der Waals surface area contributed by atoms with Gasteiger partial charge in [0.25, 0.3) is 5.92 Å². The van der Waals surface area contributed by atoms with Gasteiger partial charge in [-0.15, -0.1) is 0 Å². The number of hydrogen-bond donors (Lipinski definition) is 1. The summed E-state index contributed by atoms with van der Waals surface area (Å²) in [6.45, 7) is 2.67. The summed E-state index contributed by atoms with van der Waals surface area (Å²) in [5.74, 6) is -3.45. The number of likely N-dealkylation sites (tertiary alicyclic amines) is 2. The van der Waals surface area contributed by atoms with Gasteiger partial charge in [0.1, 0.15) is 0 Å². The second-order valence-corrected chi connectivity index (χ2v) is 10.9. The standard InChI is InChI=1S/C27H36F2N4O2/c1-32-15-11-26(20-30,12-16-32)19-23(34)22(7-8-27(28,29)21-5-3-2-4-6-21)31-24(35)33-17-13-25(9-10-25)14-18-33/h2-6,22H,7-19H2,1H3,(H,31,35)/t22-/m0/s1. The third-order valence-electron chi connectivity index (χ3n) is 8.39. The van der Waals surface area contributed by atoms with Crippen molar-refractivity contribution in [3.05, 3.63) is 35.9 Å². The maximum Gasteiger partial charge on any atom is 0.317 e. The molecule has 2 amide bonds. The van der Waals surface area contributed by atoms with Crippen LogP contribution in [0.15, 0.2) is 30.3 Å². The molecule has 2 heterocycles. The van der Waals surface area contributed by atoms with Gasteiger partial charge < -0.3 is 15.1 Å². The number of nitrogens with zero attached hydrogens (tertiary/aromatic N) is 3. The molecule has 0 bridgehead atoms. The molecule has 0 radical (unpaired) electrons. The van der Waals surface area contributed by atoms with Crippen LogP contribution in [0.2, 0.25) is 0 Å². The lowest BCUT2D eigenvalue weighted by atomic mass is 9.74. The van der Waals surface area contributed by atoms with Crippen LogP contribution in [-0.2, 0) is 10.7 Å². The van der Waals surface area contributed by atoms with Crippen LogP contribution in [0, 0.1) is 22.2 Å². The van der Waals surface area contributed by atoms with Gasteiger partial charge in [-0.3, -0.25) is 4.79 Å². The molecule has 3 fully saturated rings. The number of amides is 2. The molecule has 0 unspecified atom stereocenters. The Bertz CT molecular complexity index is 940. The van der Waals surface area contributed by atoms with Crippen molar-refractivity contribution in [2.75, 3.05) is 33.2 Å². The molecular weight excluding hydrogens is 450 g/mol. The summed E-state index contributed by atoms with van der Waals surface area (Å²) in [5.41, 5.74) is -0.512. The minimum Gasteiger partial charge on any atom is -0.328 e. The summed E-state index contributed by atoms with van der Waals surface area (Å²) in [7, 11) is 1.97. The lowest BCUT2D eigenvalue weighted by Crippen LogP contribution is -2.51. The molecule has 1 spiro atoms. The van der Waals surface area contributed by atoms with E-state index < -0.39 is 23.8 Å². The summed E-state index contributed by atoms with van der Waals surface area (Å²) in [6, 6.07) is 8.48. The number of carbonyl (C=O) groups is 2. The highest BCUT2D eigenvalue weighted by Crippen LogP contribution is 2.53. The number of rotatable bonds is 8. The number of nitrogens with one attached hydrogen (secondary N) is 1. The number of hydrogen-bond acceptors (Lipinski definition) is 4. The number of ketones is 1. The van der Waals surface area contributed by atoms with Crippen LogP contribution < -0.4 is 5.32 Å². The highest BCUT2D eigenvalue weighted by atomic mass is 19.3. The minimum atomic E-state index is -3.12. The Morgan fingerprint density at radius 1 is 1.06 bits per heavy atom.